The largest absolute Gasteiger partial charge is 0.497 e. The van der Waals surface area contributed by atoms with Gasteiger partial charge in [-0.3, -0.25) is 9.59 Å². The first-order chi connectivity index (χ1) is 8.58. The van der Waals surface area contributed by atoms with Crippen LogP contribution in [0.1, 0.15) is 23.7 Å². The molecule has 0 radical (unpaired) electrons. The highest BCUT2D eigenvalue weighted by molar-refractivity contribution is 6.09. The van der Waals surface area contributed by atoms with Gasteiger partial charge in [-0.2, -0.15) is 0 Å². The summed E-state index contributed by atoms with van der Waals surface area (Å²) in [6, 6.07) is 4.62. The summed E-state index contributed by atoms with van der Waals surface area (Å²) in [5.41, 5.74) is 0.995. The van der Waals surface area contributed by atoms with E-state index in [-0.39, 0.29) is 11.8 Å². The SMILES string of the molecule is CCC1C(=O)Nc2ccc(OC)cc2C(=O)N1C. The molecule has 0 saturated heterocycles. The summed E-state index contributed by atoms with van der Waals surface area (Å²) in [5, 5.41) is 2.78. The Morgan fingerprint density at radius 1 is 1.39 bits per heavy atom. The molecule has 1 aromatic rings. The van der Waals surface area contributed by atoms with E-state index in [2.05, 4.69) is 5.32 Å². The van der Waals surface area contributed by atoms with E-state index in [1.54, 1.807) is 32.4 Å². The molecule has 0 aliphatic carbocycles. The third kappa shape index (κ3) is 1.92. The lowest BCUT2D eigenvalue weighted by atomic mass is 10.1. The zero-order valence-corrected chi connectivity index (χ0v) is 10.7. The van der Waals surface area contributed by atoms with Gasteiger partial charge >= 0.3 is 0 Å². The van der Waals surface area contributed by atoms with Crippen LogP contribution in [0.4, 0.5) is 5.69 Å². The van der Waals surface area contributed by atoms with Crippen molar-refractivity contribution >= 4 is 17.5 Å². The molecule has 1 atom stereocenters. The number of ether oxygens (including phenoxy) is 1. The van der Waals surface area contributed by atoms with Gasteiger partial charge < -0.3 is 15.0 Å². The quantitative estimate of drug-likeness (QED) is 0.862. The molecule has 1 aromatic carbocycles. The number of likely N-dealkylation sites (N-methyl/N-ethyl adjacent to an activating group) is 1. The summed E-state index contributed by atoms with van der Waals surface area (Å²) in [6.07, 6.45) is 0.583. The number of benzene rings is 1. The summed E-state index contributed by atoms with van der Waals surface area (Å²) < 4.78 is 5.10. The Morgan fingerprint density at radius 2 is 2.11 bits per heavy atom. The van der Waals surface area contributed by atoms with Crippen molar-refractivity contribution in [2.75, 3.05) is 19.5 Å². The summed E-state index contributed by atoms with van der Waals surface area (Å²) in [6.45, 7) is 1.88. The lowest BCUT2D eigenvalue weighted by molar-refractivity contribution is -0.120. The normalized spacial score (nSPS) is 19.1. The van der Waals surface area contributed by atoms with Crippen LogP contribution < -0.4 is 10.1 Å². The van der Waals surface area contributed by atoms with Crippen molar-refractivity contribution in [2.24, 2.45) is 0 Å². The average molecular weight is 248 g/mol. The van der Waals surface area contributed by atoms with Crippen LogP contribution in [0.15, 0.2) is 18.2 Å². The topological polar surface area (TPSA) is 58.6 Å². The van der Waals surface area contributed by atoms with Gasteiger partial charge in [0.25, 0.3) is 5.91 Å². The predicted molar refractivity (Wildman–Crippen MR) is 67.8 cm³/mol. The summed E-state index contributed by atoms with van der Waals surface area (Å²) in [5.74, 6) is 0.270. The van der Waals surface area contributed by atoms with Gasteiger partial charge in [-0.15, -0.1) is 0 Å². The van der Waals surface area contributed by atoms with E-state index in [0.29, 0.717) is 23.4 Å². The van der Waals surface area contributed by atoms with Crippen molar-refractivity contribution in [3.63, 3.8) is 0 Å². The molecule has 0 spiro atoms. The predicted octanol–water partition coefficient (Wildman–Crippen LogP) is 1.50. The Morgan fingerprint density at radius 3 is 2.72 bits per heavy atom. The number of nitrogens with one attached hydrogen (secondary N) is 1. The van der Waals surface area contributed by atoms with Crippen LogP contribution in [-0.4, -0.2) is 36.9 Å². The number of hydrogen-bond acceptors (Lipinski definition) is 3. The minimum Gasteiger partial charge on any atom is -0.497 e. The van der Waals surface area contributed by atoms with E-state index in [9.17, 15) is 9.59 Å². The molecule has 1 aliphatic heterocycles. The van der Waals surface area contributed by atoms with Crippen molar-refractivity contribution in [1.82, 2.24) is 4.90 Å². The number of methoxy groups -OCH3 is 1. The van der Waals surface area contributed by atoms with Gasteiger partial charge in [-0.05, 0) is 24.6 Å². The fourth-order valence-electron chi connectivity index (χ4n) is 2.12. The first-order valence-corrected chi connectivity index (χ1v) is 5.84. The Labute approximate surface area is 106 Å². The maximum absolute atomic E-state index is 12.3. The molecular formula is C13H16N2O3. The second kappa shape index (κ2) is 4.68. The summed E-state index contributed by atoms with van der Waals surface area (Å²) >= 11 is 0. The van der Waals surface area contributed by atoms with Gasteiger partial charge in [0, 0.05) is 7.05 Å². The molecular weight excluding hydrogens is 232 g/mol. The lowest BCUT2D eigenvalue weighted by Crippen LogP contribution is -2.42. The lowest BCUT2D eigenvalue weighted by Gasteiger charge is -2.22. The van der Waals surface area contributed by atoms with Crippen molar-refractivity contribution < 1.29 is 14.3 Å². The first kappa shape index (κ1) is 12.4. The molecule has 0 aromatic heterocycles. The Balaban J connectivity index is 2.50. The van der Waals surface area contributed by atoms with E-state index in [0.717, 1.165) is 0 Å². The van der Waals surface area contributed by atoms with Crippen molar-refractivity contribution in [1.29, 1.82) is 0 Å². The van der Waals surface area contributed by atoms with Crippen LogP contribution in [0.2, 0.25) is 0 Å². The molecule has 1 aliphatic rings. The smallest absolute Gasteiger partial charge is 0.256 e. The van der Waals surface area contributed by atoms with Gasteiger partial charge in [0.1, 0.15) is 11.8 Å². The minimum absolute atomic E-state index is 0.155. The maximum atomic E-state index is 12.3. The number of amides is 2. The van der Waals surface area contributed by atoms with E-state index in [4.69, 9.17) is 4.74 Å². The molecule has 0 bridgehead atoms. The highest BCUT2D eigenvalue weighted by atomic mass is 16.5. The third-order valence-corrected chi connectivity index (χ3v) is 3.19. The van der Waals surface area contributed by atoms with Gasteiger partial charge in [0.15, 0.2) is 0 Å². The summed E-state index contributed by atoms with van der Waals surface area (Å²) in [4.78, 5) is 25.8. The monoisotopic (exact) mass is 248 g/mol. The number of anilines is 1. The van der Waals surface area contributed by atoms with Crippen LogP contribution in [0, 0.1) is 0 Å². The van der Waals surface area contributed by atoms with E-state index >= 15 is 0 Å². The molecule has 0 fully saturated rings. The molecule has 1 heterocycles. The second-order valence-corrected chi connectivity index (χ2v) is 4.24. The fraction of sp³-hybridized carbons (Fsp3) is 0.385. The Hall–Kier alpha value is -2.04. The molecule has 96 valence electrons. The Kier molecular flexibility index (Phi) is 3.23. The van der Waals surface area contributed by atoms with Crippen LogP contribution in [0.3, 0.4) is 0 Å². The number of rotatable bonds is 2. The van der Waals surface area contributed by atoms with Gasteiger partial charge in [0.05, 0.1) is 18.4 Å². The minimum atomic E-state index is -0.434. The van der Waals surface area contributed by atoms with Crippen molar-refractivity contribution in [3.8, 4) is 5.75 Å². The first-order valence-electron chi connectivity index (χ1n) is 5.84. The number of carbonyl (C=O) groups excluding carboxylic acids is 2. The maximum Gasteiger partial charge on any atom is 0.256 e. The zero-order valence-electron chi connectivity index (χ0n) is 10.7. The average Bonchev–Trinajstić information content (AvgIpc) is 2.46. The summed E-state index contributed by atoms with van der Waals surface area (Å²) in [7, 11) is 3.19. The van der Waals surface area contributed by atoms with Gasteiger partial charge in [-0.1, -0.05) is 6.92 Å². The van der Waals surface area contributed by atoms with Crippen molar-refractivity contribution in [2.45, 2.75) is 19.4 Å². The van der Waals surface area contributed by atoms with Crippen molar-refractivity contribution in [3.05, 3.63) is 23.8 Å². The Bertz CT molecular complexity index is 499. The molecule has 2 rings (SSSR count). The van der Waals surface area contributed by atoms with E-state index in [1.165, 1.54) is 4.90 Å². The zero-order chi connectivity index (χ0) is 13.3. The molecule has 1 N–H and O–H groups in total. The fourth-order valence-corrected chi connectivity index (χ4v) is 2.12. The molecule has 5 heteroatoms. The van der Waals surface area contributed by atoms with Gasteiger partial charge in [-0.25, -0.2) is 0 Å². The number of nitrogens with zero attached hydrogens (tertiary/aromatic N) is 1. The number of carbonyl (C=O) groups is 2. The van der Waals surface area contributed by atoms with Crippen LogP contribution in [0.5, 0.6) is 5.75 Å². The van der Waals surface area contributed by atoms with Crippen LogP contribution in [-0.2, 0) is 4.79 Å². The molecule has 18 heavy (non-hydrogen) atoms. The van der Waals surface area contributed by atoms with Crippen LogP contribution >= 0.6 is 0 Å². The third-order valence-electron chi connectivity index (χ3n) is 3.19. The number of hydrogen-bond donors (Lipinski definition) is 1. The highest BCUT2D eigenvalue weighted by Crippen LogP contribution is 2.27. The molecule has 1 unspecified atom stereocenters. The standard InChI is InChI=1S/C13H16N2O3/c1-4-11-12(16)14-10-6-5-8(18-3)7-9(10)13(17)15(11)2/h5-7,11H,4H2,1-3H3,(H,14,16). The second-order valence-electron chi connectivity index (χ2n) is 4.24. The highest BCUT2D eigenvalue weighted by Gasteiger charge is 2.31. The molecule has 0 saturated carbocycles. The van der Waals surface area contributed by atoms with E-state index < -0.39 is 6.04 Å². The van der Waals surface area contributed by atoms with Crippen LogP contribution in [0.25, 0.3) is 0 Å². The molecule has 2 amide bonds. The van der Waals surface area contributed by atoms with E-state index in [1.807, 2.05) is 6.92 Å². The van der Waals surface area contributed by atoms with Gasteiger partial charge in [0.2, 0.25) is 5.91 Å². The molecule has 5 nitrogen and oxygen atoms in total. The number of fused-ring (bicyclic) bond motifs is 1.